The number of anilines is 5. The Bertz CT molecular complexity index is 3640. The number of furan rings is 3. The van der Waals surface area contributed by atoms with Gasteiger partial charge in [0.05, 0.1) is 17.1 Å². The average molecular weight is 831 g/mol. The van der Waals surface area contributed by atoms with Gasteiger partial charge in [-0.05, 0) is 98.6 Å². The lowest BCUT2D eigenvalue weighted by atomic mass is 9.58. The first-order valence-electron chi connectivity index (χ1n) is 22.3. The Kier molecular flexibility index (Phi) is 8.39. The Morgan fingerprint density at radius 3 is 1.75 bits per heavy atom. The summed E-state index contributed by atoms with van der Waals surface area (Å²) in [6, 6.07) is 58.6. The van der Waals surface area contributed by atoms with Gasteiger partial charge in [-0.25, -0.2) is 0 Å². The highest BCUT2D eigenvalue weighted by Crippen LogP contribution is 2.50. The minimum Gasteiger partial charge on any atom is -0.456 e. The summed E-state index contributed by atoms with van der Waals surface area (Å²) in [5.74, 6) is 0.807. The van der Waals surface area contributed by atoms with E-state index in [2.05, 4.69) is 209 Å². The van der Waals surface area contributed by atoms with Gasteiger partial charge in [0.15, 0.2) is 11.5 Å². The van der Waals surface area contributed by atoms with E-state index in [1.165, 1.54) is 11.1 Å². The first-order chi connectivity index (χ1) is 31.0. The monoisotopic (exact) mass is 830 g/mol. The number of nitrogens with zero attached hydrogens (tertiary/aromatic N) is 1. The minimum atomic E-state index is -0.0715. The van der Waals surface area contributed by atoms with Gasteiger partial charge in [-0.15, -0.1) is 0 Å². The molecular weight excluding hydrogens is 783 g/mol. The van der Waals surface area contributed by atoms with Crippen molar-refractivity contribution in [2.75, 3.05) is 10.2 Å². The molecule has 0 atom stereocenters. The molecule has 1 aliphatic heterocycles. The van der Waals surface area contributed by atoms with Crippen molar-refractivity contribution in [1.82, 2.24) is 0 Å². The quantitative estimate of drug-likeness (QED) is 0.175. The number of para-hydroxylation sites is 3. The van der Waals surface area contributed by atoms with Crippen LogP contribution in [0.4, 0.5) is 28.6 Å². The van der Waals surface area contributed by atoms with E-state index >= 15 is 0 Å². The average Bonchev–Trinajstić information content (AvgIpc) is 3.98. The van der Waals surface area contributed by atoms with Gasteiger partial charge in [0.2, 0.25) is 7.28 Å². The van der Waals surface area contributed by atoms with Crippen molar-refractivity contribution in [2.24, 2.45) is 0 Å². The summed E-state index contributed by atoms with van der Waals surface area (Å²) in [6.45, 7) is 13.6. The summed E-state index contributed by atoms with van der Waals surface area (Å²) in [4.78, 5) is 2.36. The third-order valence-electron chi connectivity index (χ3n) is 13.2. The summed E-state index contributed by atoms with van der Waals surface area (Å²) >= 11 is 0. The standard InChI is InChI=1S/C58H47BN2O3/c1-57(2,3)35-24-27-37(28-25-35)60-46-33-51-43(38-18-10-13-21-48(38)62-51)31-42(46)44-32-45-39-19-11-14-22-49(39)63-55(45)54-52(44)59-53-40-20-12-15-23-50(40)64-56(53)61(54)47-29-26-36(58(4,5)6)30-41(47)34-16-8-7-9-17-34/h7-33,59-60H,1-6H3. The fourth-order valence-corrected chi connectivity index (χ4v) is 9.84. The largest absolute Gasteiger partial charge is 0.456 e. The molecule has 12 rings (SSSR count). The zero-order valence-electron chi connectivity index (χ0n) is 37.0. The van der Waals surface area contributed by atoms with Crippen LogP contribution in [0.25, 0.3) is 77.1 Å². The Morgan fingerprint density at radius 1 is 0.453 bits per heavy atom. The van der Waals surface area contributed by atoms with Gasteiger partial charge in [-0.1, -0.05) is 145 Å². The van der Waals surface area contributed by atoms with Crippen LogP contribution in [0.2, 0.25) is 0 Å². The fourth-order valence-electron chi connectivity index (χ4n) is 9.84. The molecule has 64 heavy (non-hydrogen) atoms. The molecule has 0 unspecified atom stereocenters. The molecule has 0 spiro atoms. The Hall–Kier alpha value is -7.44. The minimum absolute atomic E-state index is 0.0359. The van der Waals surface area contributed by atoms with Crippen LogP contribution in [-0.2, 0) is 10.8 Å². The lowest BCUT2D eigenvalue weighted by Crippen LogP contribution is -2.40. The molecule has 0 bridgehead atoms. The third kappa shape index (κ3) is 6.07. The maximum Gasteiger partial charge on any atom is 0.204 e. The molecule has 8 aromatic carbocycles. The van der Waals surface area contributed by atoms with Gasteiger partial charge in [-0.2, -0.15) is 0 Å². The maximum absolute atomic E-state index is 7.07. The molecular formula is C58H47BN2O3. The van der Waals surface area contributed by atoms with Crippen LogP contribution in [-0.4, -0.2) is 7.28 Å². The predicted molar refractivity (Wildman–Crippen MR) is 270 cm³/mol. The fraction of sp³-hybridized carbons (Fsp3) is 0.138. The van der Waals surface area contributed by atoms with E-state index in [1.54, 1.807) is 0 Å². The van der Waals surface area contributed by atoms with Crippen LogP contribution in [0.3, 0.4) is 0 Å². The Labute approximate surface area is 373 Å². The van der Waals surface area contributed by atoms with E-state index in [0.29, 0.717) is 7.28 Å². The molecule has 6 heteroatoms. The molecule has 0 radical (unpaired) electrons. The van der Waals surface area contributed by atoms with Crippen molar-refractivity contribution in [3.05, 3.63) is 175 Å². The van der Waals surface area contributed by atoms with Crippen LogP contribution < -0.4 is 21.1 Å². The second-order valence-electron chi connectivity index (χ2n) is 19.4. The molecule has 1 N–H and O–H groups in total. The van der Waals surface area contributed by atoms with Crippen LogP contribution >= 0.6 is 0 Å². The summed E-state index contributed by atoms with van der Waals surface area (Å²) in [6.07, 6.45) is 0. The van der Waals surface area contributed by atoms with Gasteiger partial charge in [-0.3, -0.25) is 4.90 Å². The van der Waals surface area contributed by atoms with Crippen LogP contribution in [0.5, 0.6) is 0 Å². The highest BCUT2D eigenvalue weighted by Gasteiger charge is 2.37. The third-order valence-corrected chi connectivity index (χ3v) is 13.2. The molecule has 0 saturated heterocycles. The van der Waals surface area contributed by atoms with E-state index in [9.17, 15) is 0 Å². The molecule has 1 aliphatic rings. The highest BCUT2D eigenvalue weighted by molar-refractivity contribution is 6.76. The smallest absolute Gasteiger partial charge is 0.204 e. The lowest BCUT2D eigenvalue weighted by molar-refractivity contribution is 0.590. The van der Waals surface area contributed by atoms with E-state index in [-0.39, 0.29) is 10.8 Å². The molecule has 0 fully saturated rings. The van der Waals surface area contributed by atoms with Crippen molar-refractivity contribution < 1.29 is 13.3 Å². The molecule has 11 aromatic rings. The van der Waals surface area contributed by atoms with Crippen molar-refractivity contribution in [3.63, 3.8) is 0 Å². The number of nitrogens with one attached hydrogen (secondary N) is 1. The van der Waals surface area contributed by atoms with E-state index < -0.39 is 0 Å². The van der Waals surface area contributed by atoms with Crippen molar-refractivity contribution >= 4 is 102 Å². The molecule has 0 saturated carbocycles. The van der Waals surface area contributed by atoms with Crippen molar-refractivity contribution in [2.45, 2.75) is 52.4 Å². The second kappa shape index (κ2) is 14.0. The first-order valence-corrected chi connectivity index (χ1v) is 22.3. The summed E-state index contributed by atoms with van der Waals surface area (Å²) < 4.78 is 20.7. The van der Waals surface area contributed by atoms with Crippen LogP contribution in [0.15, 0.2) is 177 Å². The predicted octanol–water partition coefficient (Wildman–Crippen LogP) is 15.1. The zero-order chi connectivity index (χ0) is 43.5. The van der Waals surface area contributed by atoms with E-state index in [4.69, 9.17) is 13.3 Å². The van der Waals surface area contributed by atoms with Gasteiger partial charge >= 0.3 is 0 Å². The number of rotatable bonds is 5. The molecule has 3 aromatic heterocycles. The number of fused-ring (bicyclic) bond motifs is 11. The normalized spacial score (nSPS) is 12.9. The molecule has 4 heterocycles. The maximum atomic E-state index is 7.07. The van der Waals surface area contributed by atoms with Gasteiger partial charge in [0.25, 0.3) is 0 Å². The highest BCUT2D eigenvalue weighted by atomic mass is 16.4. The number of benzene rings is 8. The number of hydrogen-bond acceptors (Lipinski definition) is 5. The Balaban J connectivity index is 1.20. The topological polar surface area (TPSA) is 54.7 Å². The van der Waals surface area contributed by atoms with Gasteiger partial charge in [0.1, 0.15) is 22.3 Å². The van der Waals surface area contributed by atoms with Crippen LogP contribution in [0.1, 0.15) is 52.7 Å². The zero-order valence-corrected chi connectivity index (χ0v) is 37.0. The van der Waals surface area contributed by atoms with Gasteiger partial charge < -0.3 is 18.6 Å². The molecule has 0 aliphatic carbocycles. The first kappa shape index (κ1) is 38.3. The summed E-state index contributed by atoms with van der Waals surface area (Å²) in [5, 5.41) is 9.25. The lowest BCUT2D eigenvalue weighted by Gasteiger charge is -2.33. The Morgan fingerprint density at radius 2 is 1.05 bits per heavy atom. The van der Waals surface area contributed by atoms with Crippen molar-refractivity contribution in [1.29, 1.82) is 0 Å². The molecule has 5 nitrogen and oxygen atoms in total. The van der Waals surface area contributed by atoms with Crippen molar-refractivity contribution in [3.8, 4) is 22.3 Å². The second-order valence-corrected chi connectivity index (χ2v) is 19.4. The van der Waals surface area contributed by atoms with Crippen LogP contribution in [0, 0.1) is 0 Å². The summed E-state index contributed by atoms with van der Waals surface area (Å²) in [7, 11) is 0.630. The van der Waals surface area contributed by atoms with E-state index in [1.807, 2.05) is 6.07 Å². The van der Waals surface area contributed by atoms with E-state index in [0.717, 1.165) is 117 Å². The number of hydrogen-bond donors (Lipinski definition) is 1. The summed E-state index contributed by atoms with van der Waals surface area (Å²) in [5.41, 5.74) is 17.4. The van der Waals surface area contributed by atoms with Gasteiger partial charge in [0, 0.05) is 49.8 Å². The SMILES string of the molecule is CC(C)(C)c1ccc(Nc2cc3oc4ccccc4c3cc2-c2cc3c(oc4ccccc43)c3c2Bc2c(oc4ccccc24)N3c2ccc(C(C)(C)C)cc2-c2ccccc2)cc1. The molecule has 0 amide bonds. The molecule has 310 valence electrons.